The Balaban J connectivity index is 2.45. The third-order valence-electron chi connectivity index (χ3n) is 2.76. The molecule has 2 heterocycles. The zero-order valence-corrected chi connectivity index (χ0v) is 11.4. The highest BCUT2D eigenvalue weighted by Gasteiger charge is 2.21. The zero-order valence-electron chi connectivity index (χ0n) is 11.4. The third-order valence-corrected chi connectivity index (χ3v) is 2.76. The second-order valence-electron chi connectivity index (χ2n) is 5.40. The summed E-state index contributed by atoms with van der Waals surface area (Å²) in [7, 11) is 0. The van der Waals surface area contributed by atoms with Gasteiger partial charge in [0.1, 0.15) is 0 Å². The maximum Gasteiger partial charge on any atom is 0.159 e. The fourth-order valence-electron chi connectivity index (χ4n) is 1.74. The van der Waals surface area contributed by atoms with Crippen molar-refractivity contribution in [3.8, 4) is 5.75 Å². The second-order valence-corrected chi connectivity index (χ2v) is 5.40. The van der Waals surface area contributed by atoms with E-state index in [0.717, 1.165) is 5.56 Å². The van der Waals surface area contributed by atoms with E-state index in [0.29, 0.717) is 17.1 Å². The number of hydrogen-bond donors (Lipinski definition) is 1. The largest absolute Gasteiger partial charge is 0.504 e. The summed E-state index contributed by atoms with van der Waals surface area (Å²) in [5.41, 5.74) is 1.92. The molecular formula is C15H17N3O. The Labute approximate surface area is 112 Å². The molecular weight excluding hydrogens is 238 g/mol. The van der Waals surface area contributed by atoms with Gasteiger partial charge in [0.2, 0.25) is 0 Å². The van der Waals surface area contributed by atoms with Crippen LogP contribution in [0, 0.1) is 0 Å². The van der Waals surface area contributed by atoms with Gasteiger partial charge in [-0.25, -0.2) is 9.97 Å². The highest BCUT2D eigenvalue weighted by atomic mass is 16.3. The molecule has 4 heteroatoms. The van der Waals surface area contributed by atoms with Gasteiger partial charge in [0.25, 0.3) is 0 Å². The number of hydrogen-bond acceptors (Lipinski definition) is 4. The Kier molecular flexibility index (Phi) is 3.34. The normalized spacial score (nSPS) is 11.3. The SMILES string of the molecule is C=C(c1cccnc1)c1ncc(O)c(C(C)(C)C)n1. The minimum atomic E-state index is -0.253. The molecule has 0 unspecified atom stereocenters. The van der Waals surface area contributed by atoms with Crippen LogP contribution in [0.3, 0.4) is 0 Å². The molecule has 0 aliphatic heterocycles. The van der Waals surface area contributed by atoms with Gasteiger partial charge >= 0.3 is 0 Å². The van der Waals surface area contributed by atoms with Gasteiger partial charge in [-0.3, -0.25) is 4.98 Å². The molecule has 2 aromatic heterocycles. The number of rotatable bonds is 2. The van der Waals surface area contributed by atoms with Gasteiger partial charge < -0.3 is 5.11 Å². The smallest absolute Gasteiger partial charge is 0.159 e. The fraction of sp³-hybridized carbons (Fsp3) is 0.267. The lowest BCUT2D eigenvalue weighted by atomic mass is 9.91. The Morgan fingerprint density at radius 2 is 2.00 bits per heavy atom. The lowest BCUT2D eigenvalue weighted by molar-refractivity contribution is 0.434. The molecule has 0 aromatic carbocycles. The quantitative estimate of drug-likeness (QED) is 0.896. The van der Waals surface area contributed by atoms with E-state index in [1.54, 1.807) is 12.4 Å². The maximum absolute atomic E-state index is 9.86. The number of aromatic hydroxyl groups is 1. The highest BCUT2D eigenvalue weighted by molar-refractivity contribution is 5.73. The van der Waals surface area contributed by atoms with E-state index in [2.05, 4.69) is 21.5 Å². The van der Waals surface area contributed by atoms with Gasteiger partial charge in [-0.2, -0.15) is 0 Å². The van der Waals surface area contributed by atoms with Crippen molar-refractivity contribution in [1.82, 2.24) is 15.0 Å². The molecule has 0 atom stereocenters. The van der Waals surface area contributed by atoms with E-state index in [1.807, 2.05) is 32.9 Å². The first kappa shape index (κ1) is 13.2. The van der Waals surface area contributed by atoms with Crippen molar-refractivity contribution in [2.75, 3.05) is 0 Å². The highest BCUT2D eigenvalue weighted by Crippen LogP contribution is 2.29. The number of aromatic nitrogens is 3. The van der Waals surface area contributed by atoms with Gasteiger partial charge in [0.15, 0.2) is 11.6 Å². The lowest BCUT2D eigenvalue weighted by Crippen LogP contribution is -2.15. The average molecular weight is 255 g/mol. The zero-order chi connectivity index (χ0) is 14.0. The second kappa shape index (κ2) is 4.80. The van der Waals surface area contributed by atoms with E-state index >= 15 is 0 Å². The van der Waals surface area contributed by atoms with Gasteiger partial charge in [-0.1, -0.05) is 33.4 Å². The van der Waals surface area contributed by atoms with E-state index in [4.69, 9.17) is 0 Å². The first-order valence-corrected chi connectivity index (χ1v) is 6.06. The maximum atomic E-state index is 9.86. The molecule has 0 radical (unpaired) electrons. The summed E-state index contributed by atoms with van der Waals surface area (Å²) < 4.78 is 0. The van der Waals surface area contributed by atoms with Crippen molar-refractivity contribution < 1.29 is 5.11 Å². The molecule has 98 valence electrons. The number of nitrogens with zero attached hydrogens (tertiary/aromatic N) is 3. The summed E-state index contributed by atoms with van der Waals surface area (Å²) in [6.45, 7) is 9.98. The van der Waals surface area contributed by atoms with Crippen LogP contribution in [0.4, 0.5) is 0 Å². The Morgan fingerprint density at radius 1 is 1.26 bits per heavy atom. The van der Waals surface area contributed by atoms with E-state index < -0.39 is 0 Å². The minimum absolute atomic E-state index is 0.107. The van der Waals surface area contributed by atoms with E-state index in [9.17, 15) is 5.11 Å². The molecule has 4 nitrogen and oxygen atoms in total. The molecule has 0 aliphatic rings. The summed E-state index contributed by atoms with van der Waals surface area (Å²) in [6.07, 6.45) is 4.84. The van der Waals surface area contributed by atoms with Crippen molar-refractivity contribution in [3.05, 3.63) is 54.4 Å². The molecule has 0 saturated carbocycles. The Hall–Kier alpha value is -2.23. The van der Waals surface area contributed by atoms with Gasteiger partial charge in [0, 0.05) is 28.9 Å². The van der Waals surface area contributed by atoms with Crippen LogP contribution in [0.25, 0.3) is 5.57 Å². The topological polar surface area (TPSA) is 58.9 Å². The first-order chi connectivity index (χ1) is 8.89. The summed E-state index contributed by atoms with van der Waals surface area (Å²) in [4.78, 5) is 12.6. The van der Waals surface area contributed by atoms with Crippen molar-refractivity contribution in [2.24, 2.45) is 0 Å². The number of pyridine rings is 1. The van der Waals surface area contributed by atoms with Crippen LogP contribution in [0.5, 0.6) is 5.75 Å². The molecule has 19 heavy (non-hydrogen) atoms. The van der Waals surface area contributed by atoms with Crippen LogP contribution < -0.4 is 0 Å². The molecule has 0 amide bonds. The van der Waals surface area contributed by atoms with E-state index in [-0.39, 0.29) is 11.2 Å². The van der Waals surface area contributed by atoms with Crippen molar-refractivity contribution >= 4 is 5.57 Å². The van der Waals surface area contributed by atoms with Gasteiger partial charge in [0.05, 0.1) is 11.9 Å². The van der Waals surface area contributed by atoms with Gasteiger partial charge in [-0.15, -0.1) is 0 Å². The minimum Gasteiger partial charge on any atom is -0.504 e. The molecule has 0 saturated heterocycles. The molecule has 1 N–H and O–H groups in total. The molecule has 0 spiro atoms. The van der Waals surface area contributed by atoms with Crippen molar-refractivity contribution in [1.29, 1.82) is 0 Å². The summed E-state index contributed by atoms with van der Waals surface area (Å²) in [6, 6.07) is 3.74. The van der Waals surface area contributed by atoms with Crippen LogP contribution in [0.15, 0.2) is 37.3 Å². The predicted molar refractivity (Wildman–Crippen MR) is 74.8 cm³/mol. The molecule has 2 aromatic rings. The standard InChI is InChI=1S/C15H17N3O/c1-10(11-6-5-7-16-8-11)14-17-9-12(19)13(18-14)15(2,3)4/h5-9,19H,1H2,2-4H3. The monoisotopic (exact) mass is 255 g/mol. The molecule has 0 fully saturated rings. The Morgan fingerprint density at radius 3 is 2.58 bits per heavy atom. The van der Waals surface area contributed by atoms with E-state index in [1.165, 1.54) is 6.20 Å². The Bertz CT molecular complexity index is 601. The third kappa shape index (κ3) is 2.78. The molecule has 2 rings (SSSR count). The summed E-state index contributed by atoms with van der Waals surface area (Å²) in [5.74, 6) is 0.617. The predicted octanol–water partition coefficient (Wildman–Crippen LogP) is 2.94. The van der Waals surface area contributed by atoms with Crippen LogP contribution in [-0.2, 0) is 5.41 Å². The van der Waals surface area contributed by atoms with Crippen LogP contribution >= 0.6 is 0 Å². The summed E-state index contributed by atoms with van der Waals surface area (Å²) >= 11 is 0. The lowest BCUT2D eigenvalue weighted by Gasteiger charge is -2.19. The van der Waals surface area contributed by atoms with Crippen molar-refractivity contribution in [3.63, 3.8) is 0 Å². The van der Waals surface area contributed by atoms with Crippen LogP contribution in [0.2, 0.25) is 0 Å². The summed E-state index contributed by atoms with van der Waals surface area (Å²) in [5, 5.41) is 9.86. The first-order valence-electron chi connectivity index (χ1n) is 6.06. The molecule has 0 aliphatic carbocycles. The average Bonchev–Trinajstić information content (AvgIpc) is 2.38. The van der Waals surface area contributed by atoms with Crippen LogP contribution in [0.1, 0.15) is 37.9 Å². The van der Waals surface area contributed by atoms with Crippen LogP contribution in [-0.4, -0.2) is 20.1 Å². The van der Waals surface area contributed by atoms with Crippen molar-refractivity contribution in [2.45, 2.75) is 26.2 Å². The van der Waals surface area contributed by atoms with Gasteiger partial charge in [-0.05, 0) is 6.07 Å². The fourth-order valence-corrected chi connectivity index (χ4v) is 1.74. The molecule has 0 bridgehead atoms.